The van der Waals surface area contributed by atoms with Crippen LogP contribution in [0.1, 0.15) is 53.9 Å². The molecule has 0 radical (unpaired) electrons. The molecular weight excluding hydrogens is 260 g/mol. The molecule has 0 spiro atoms. The summed E-state index contributed by atoms with van der Waals surface area (Å²) in [6.07, 6.45) is 3.39. The van der Waals surface area contributed by atoms with E-state index in [4.69, 9.17) is 18.0 Å². The molecule has 4 nitrogen and oxygen atoms in total. The summed E-state index contributed by atoms with van der Waals surface area (Å²) in [5.74, 6) is 0. The Morgan fingerprint density at radius 1 is 0.842 bits per heavy atom. The van der Waals surface area contributed by atoms with Gasteiger partial charge < -0.3 is 18.0 Å². The summed E-state index contributed by atoms with van der Waals surface area (Å²) >= 11 is 0. The molecule has 0 rings (SSSR count). The van der Waals surface area contributed by atoms with Crippen LogP contribution in [0.4, 0.5) is 0 Å². The van der Waals surface area contributed by atoms with Crippen LogP contribution >= 0.6 is 0 Å². The van der Waals surface area contributed by atoms with Crippen LogP contribution in [0.5, 0.6) is 0 Å². The Bertz CT molecular complexity index is 185. The monoisotopic (exact) mass is 292 g/mol. The zero-order valence-electron chi connectivity index (χ0n) is 13.4. The van der Waals surface area contributed by atoms with Gasteiger partial charge in [-0.25, -0.2) is 0 Å². The summed E-state index contributed by atoms with van der Waals surface area (Å²) in [7, 11) is -2.56. The van der Waals surface area contributed by atoms with Gasteiger partial charge in [-0.15, -0.1) is 0 Å². The lowest BCUT2D eigenvalue weighted by Crippen LogP contribution is -2.48. The molecule has 0 aromatic carbocycles. The van der Waals surface area contributed by atoms with Crippen molar-refractivity contribution in [3.63, 3.8) is 0 Å². The van der Waals surface area contributed by atoms with Gasteiger partial charge in [-0.2, -0.15) is 0 Å². The lowest BCUT2D eigenvalue weighted by Gasteiger charge is -2.31. The summed E-state index contributed by atoms with van der Waals surface area (Å²) in [5.41, 5.74) is 0. The normalized spacial score (nSPS) is 13.7. The lowest BCUT2D eigenvalue weighted by molar-refractivity contribution is 0.0237. The highest BCUT2D eigenvalue weighted by atomic mass is 28.4. The first-order valence-electron chi connectivity index (χ1n) is 7.71. The molecule has 0 bridgehead atoms. The zero-order chi connectivity index (χ0) is 14.6. The van der Waals surface area contributed by atoms with Crippen molar-refractivity contribution in [2.45, 2.75) is 66.0 Å². The fraction of sp³-hybridized carbons (Fsp3) is 1.00. The average molecular weight is 292 g/mol. The maximum Gasteiger partial charge on any atom is 0.503 e. The largest absolute Gasteiger partial charge is 0.503 e. The molecule has 0 fully saturated rings. The SMILES string of the molecule is CCCCOC(CC)C[Si](OCC)(OCC)OCC. The van der Waals surface area contributed by atoms with Crippen molar-refractivity contribution in [1.82, 2.24) is 0 Å². The van der Waals surface area contributed by atoms with E-state index in [2.05, 4.69) is 13.8 Å². The highest BCUT2D eigenvalue weighted by Gasteiger charge is 2.42. The number of ether oxygens (including phenoxy) is 1. The predicted molar refractivity (Wildman–Crippen MR) is 80.4 cm³/mol. The fourth-order valence-electron chi connectivity index (χ4n) is 1.96. The van der Waals surface area contributed by atoms with Crippen molar-refractivity contribution >= 4 is 8.80 Å². The molecular formula is C14H32O4Si. The molecule has 0 aliphatic heterocycles. The van der Waals surface area contributed by atoms with Gasteiger partial charge in [0, 0.05) is 32.5 Å². The standard InChI is InChI=1S/C14H32O4Si/c1-6-11-12-15-14(7-2)13-19(16-8-3,17-9-4)18-10-5/h14H,6-13H2,1-5H3. The van der Waals surface area contributed by atoms with Crippen molar-refractivity contribution in [3.8, 4) is 0 Å². The Labute approximate surface area is 120 Å². The van der Waals surface area contributed by atoms with Gasteiger partial charge in [-0.05, 0) is 33.6 Å². The van der Waals surface area contributed by atoms with Gasteiger partial charge in [-0.1, -0.05) is 20.3 Å². The third-order valence-electron chi connectivity index (χ3n) is 2.88. The quantitative estimate of drug-likeness (QED) is 0.384. The van der Waals surface area contributed by atoms with Gasteiger partial charge in [-0.3, -0.25) is 0 Å². The Balaban J connectivity index is 4.53. The molecule has 0 aromatic rings. The van der Waals surface area contributed by atoms with Crippen LogP contribution in [-0.2, 0) is 18.0 Å². The van der Waals surface area contributed by atoms with E-state index in [1.807, 2.05) is 20.8 Å². The van der Waals surface area contributed by atoms with Gasteiger partial charge in [0.25, 0.3) is 0 Å². The predicted octanol–water partition coefficient (Wildman–Crippen LogP) is 3.63. The van der Waals surface area contributed by atoms with Crippen LogP contribution in [0.25, 0.3) is 0 Å². The number of hydrogen-bond acceptors (Lipinski definition) is 4. The van der Waals surface area contributed by atoms with Crippen LogP contribution in [0, 0.1) is 0 Å². The highest BCUT2D eigenvalue weighted by Crippen LogP contribution is 2.21. The second-order valence-corrected chi connectivity index (χ2v) is 7.08. The zero-order valence-corrected chi connectivity index (χ0v) is 14.4. The molecule has 1 unspecified atom stereocenters. The van der Waals surface area contributed by atoms with E-state index in [1.54, 1.807) is 0 Å². The maximum atomic E-state index is 5.92. The fourth-order valence-corrected chi connectivity index (χ4v) is 4.84. The second-order valence-electron chi connectivity index (χ2n) is 4.44. The minimum absolute atomic E-state index is 0.169. The van der Waals surface area contributed by atoms with E-state index in [0.717, 1.165) is 31.9 Å². The third-order valence-corrected chi connectivity index (χ3v) is 6.02. The van der Waals surface area contributed by atoms with E-state index in [9.17, 15) is 0 Å². The molecule has 0 saturated carbocycles. The van der Waals surface area contributed by atoms with Crippen LogP contribution in [0.3, 0.4) is 0 Å². The van der Waals surface area contributed by atoms with E-state index < -0.39 is 8.80 Å². The van der Waals surface area contributed by atoms with Crippen molar-refractivity contribution < 1.29 is 18.0 Å². The minimum atomic E-state index is -2.56. The van der Waals surface area contributed by atoms with Crippen LogP contribution in [0.15, 0.2) is 0 Å². The average Bonchev–Trinajstić information content (AvgIpc) is 2.39. The summed E-state index contributed by atoms with van der Waals surface area (Å²) in [6, 6.07) is 0.753. The first kappa shape index (κ1) is 19.1. The van der Waals surface area contributed by atoms with Crippen LogP contribution < -0.4 is 0 Å². The Hall–Kier alpha value is 0.0569. The topological polar surface area (TPSA) is 36.9 Å². The number of rotatable bonds is 13. The first-order valence-corrected chi connectivity index (χ1v) is 9.64. The molecule has 0 amide bonds. The molecule has 0 aliphatic rings. The Morgan fingerprint density at radius 3 is 1.74 bits per heavy atom. The smallest absolute Gasteiger partial charge is 0.378 e. The van der Waals surface area contributed by atoms with Crippen molar-refractivity contribution in [2.75, 3.05) is 26.4 Å². The molecule has 19 heavy (non-hydrogen) atoms. The minimum Gasteiger partial charge on any atom is -0.378 e. The Kier molecular flexibility index (Phi) is 11.9. The highest BCUT2D eigenvalue weighted by molar-refractivity contribution is 6.60. The molecule has 0 aromatic heterocycles. The van der Waals surface area contributed by atoms with Gasteiger partial charge in [0.2, 0.25) is 0 Å². The summed E-state index contributed by atoms with van der Waals surface area (Å²) in [6.45, 7) is 12.9. The lowest BCUT2D eigenvalue weighted by atomic mass is 10.3. The molecule has 116 valence electrons. The van der Waals surface area contributed by atoms with E-state index in [-0.39, 0.29) is 6.10 Å². The third kappa shape index (κ3) is 8.04. The molecule has 5 heteroatoms. The van der Waals surface area contributed by atoms with Crippen molar-refractivity contribution in [3.05, 3.63) is 0 Å². The maximum absolute atomic E-state index is 5.92. The van der Waals surface area contributed by atoms with Gasteiger partial charge in [0.1, 0.15) is 0 Å². The van der Waals surface area contributed by atoms with E-state index in [0.29, 0.717) is 19.8 Å². The van der Waals surface area contributed by atoms with E-state index in [1.165, 1.54) is 0 Å². The second kappa shape index (κ2) is 11.8. The molecule has 0 saturated heterocycles. The summed E-state index contributed by atoms with van der Waals surface area (Å²) in [4.78, 5) is 0. The van der Waals surface area contributed by atoms with Crippen molar-refractivity contribution in [2.24, 2.45) is 0 Å². The number of hydrogen-bond donors (Lipinski definition) is 0. The van der Waals surface area contributed by atoms with Gasteiger partial charge in [0.15, 0.2) is 0 Å². The summed E-state index contributed by atoms with van der Waals surface area (Å²) < 4.78 is 23.5. The Morgan fingerprint density at radius 2 is 1.37 bits per heavy atom. The first-order chi connectivity index (χ1) is 9.17. The molecule has 0 N–H and O–H groups in total. The molecule has 1 atom stereocenters. The number of unbranched alkanes of at least 4 members (excludes halogenated alkanes) is 1. The molecule has 0 aliphatic carbocycles. The van der Waals surface area contributed by atoms with E-state index >= 15 is 0 Å². The van der Waals surface area contributed by atoms with Crippen LogP contribution in [0.2, 0.25) is 6.04 Å². The summed E-state index contributed by atoms with van der Waals surface area (Å²) in [5, 5.41) is 0. The molecule has 0 heterocycles. The van der Waals surface area contributed by atoms with Crippen molar-refractivity contribution in [1.29, 1.82) is 0 Å². The van der Waals surface area contributed by atoms with Gasteiger partial charge >= 0.3 is 8.80 Å². The van der Waals surface area contributed by atoms with Crippen LogP contribution in [-0.4, -0.2) is 41.3 Å². The van der Waals surface area contributed by atoms with Gasteiger partial charge in [0.05, 0.1) is 6.10 Å².